The van der Waals surface area contributed by atoms with Crippen molar-refractivity contribution < 1.29 is 9.84 Å². The van der Waals surface area contributed by atoms with E-state index in [0.29, 0.717) is 5.92 Å². The van der Waals surface area contributed by atoms with Gasteiger partial charge < -0.3 is 9.84 Å². The molecule has 0 radical (unpaired) electrons. The van der Waals surface area contributed by atoms with Crippen LogP contribution in [0, 0.1) is 12.8 Å². The minimum absolute atomic E-state index is 0.530. The van der Waals surface area contributed by atoms with Crippen molar-refractivity contribution in [1.82, 2.24) is 0 Å². The minimum atomic E-state index is -0.530. The zero-order chi connectivity index (χ0) is 14.3. The molecule has 0 bridgehead atoms. The predicted octanol–water partition coefficient (Wildman–Crippen LogP) is 4.34. The summed E-state index contributed by atoms with van der Waals surface area (Å²) in [5.41, 5.74) is 0.727. The lowest BCUT2D eigenvalue weighted by Crippen LogP contribution is -2.18. The van der Waals surface area contributed by atoms with E-state index in [-0.39, 0.29) is 0 Å². The van der Waals surface area contributed by atoms with Gasteiger partial charge in [0.1, 0.15) is 5.75 Å². The first kappa shape index (κ1) is 16.0. The third-order valence-electron chi connectivity index (χ3n) is 3.39. The first-order valence-electron chi connectivity index (χ1n) is 7.29. The van der Waals surface area contributed by atoms with Gasteiger partial charge in [0.2, 0.25) is 0 Å². The normalized spacial score (nSPS) is 13.3. The Bertz CT molecular complexity index is 349. The molecule has 19 heavy (non-hydrogen) atoms. The quantitative estimate of drug-likeness (QED) is 0.756. The molecule has 1 aromatic carbocycles. The summed E-state index contributed by atoms with van der Waals surface area (Å²) in [5, 5.41) is 9.65. The van der Waals surface area contributed by atoms with Gasteiger partial charge in [0.25, 0.3) is 0 Å². The van der Waals surface area contributed by atoms with E-state index < -0.39 is 5.60 Å². The Hall–Kier alpha value is -1.02. The Morgan fingerprint density at radius 1 is 1.16 bits per heavy atom. The van der Waals surface area contributed by atoms with Crippen LogP contribution in [0.2, 0.25) is 0 Å². The van der Waals surface area contributed by atoms with Crippen molar-refractivity contribution in [2.45, 2.75) is 59.0 Å². The molecule has 108 valence electrons. The number of hydrogen-bond donors (Lipinski definition) is 1. The van der Waals surface area contributed by atoms with Crippen LogP contribution in [0.4, 0.5) is 0 Å². The lowest BCUT2D eigenvalue weighted by molar-refractivity contribution is 0.0667. The van der Waals surface area contributed by atoms with Crippen LogP contribution in [0.5, 0.6) is 5.75 Å². The lowest BCUT2D eigenvalue weighted by atomic mass is 9.95. The van der Waals surface area contributed by atoms with Crippen LogP contribution in [0.1, 0.15) is 52.0 Å². The van der Waals surface area contributed by atoms with Gasteiger partial charge in [-0.25, -0.2) is 0 Å². The zero-order valence-corrected chi connectivity index (χ0v) is 12.8. The fraction of sp³-hybridized carbons (Fsp3) is 0.647. The second-order valence-electron chi connectivity index (χ2n) is 6.26. The maximum absolute atomic E-state index is 9.65. The van der Waals surface area contributed by atoms with Crippen molar-refractivity contribution in [2.75, 3.05) is 6.61 Å². The molecule has 1 aromatic rings. The summed E-state index contributed by atoms with van der Waals surface area (Å²) in [7, 11) is 0. The molecule has 0 fully saturated rings. The molecule has 1 atom stereocenters. The van der Waals surface area contributed by atoms with Crippen molar-refractivity contribution in [3.8, 4) is 5.75 Å². The monoisotopic (exact) mass is 264 g/mol. The van der Waals surface area contributed by atoms with Gasteiger partial charge in [0.15, 0.2) is 0 Å². The van der Waals surface area contributed by atoms with Crippen molar-refractivity contribution in [3.05, 3.63) is 29.8 Å². The van der Waals surface area contributed by atoms with Crippen LogP contribution in [-0.4, -0.2) is 17.3 Å². The summed E-state index contributed by atoms with van der Waals surface area (Å²) in [5.74, 6) is 1.60. The molecule has 0 aliphatic rings. The second kappa shape index (κ2) is 7.54. The van der Waals surface area contributed by atoms with Gasteiger partial charge in [-0.1, -0.05) is 37.5 Å². The zero-order valence-electron chi connectivity index (χ0n) is 12.8. The number of aliphatic hydroxyl groups is 1. The van der Waals surface area contributed by atoms with E-state index in [1.807, 2.05) is 26.0 Å². The van der Waals surface area contributed by atoms with Crippen molar-refractivity contribution in [2.24, 2.45) is 5.92 Å². The molecule has 1 N–H and O–H groups in total. The van der Waals surface area contributed by atoms with Gasteiger partial charge in [-0.2, -0.15) is 0 Å². The Labute approximate surface area is 117 Å². The van der Waals surface area contributed by atoms with E-state index in [0.717, 1.165) is 38.0 Å². The van der Waals surface area contributed by atoms with Crippen LogP contribution in [-0.2, 0) is 0 Å². The topological polar surface area (TPSA) is 29.5 Å². The third kappa shape index (κ3) is 7.89. The van der Waals surface area contributed by atoms with Gasteiger partial charge in [-0.05, 0) is 51.7 Å². The first-order chi connectivity index (χ1) is 8.87. The van der Waals surface area contributed by atoms with Crippen LogP contribution in [0.15, 0.2) is 24.3 Å². The summed E-state index contributed by atoms with van der Waals surface area (Å²) in [6, 6.07) is 8.19. The van der Waals surface area contributed by atoms with Gasteiger partial charge in [-0.3, -0.25) is 0 Å². The number of hydrogen-bond acceptors (Lipinski definition) is 2. The average Bonchev–Trinajstić information content (AvgIpc) is 2.30. The summed E-state index contributed by atoms with van der Waals surface area (Å²) in [6.07, 6.45) is 4.17. The van der Waals surface area contributed by atoms with Crippen molar-refractivity contribution in [3.63, 3.8) is 0 Å². The van der Waals surface area contributed by atoms with Crippen LogP contribution in [0.25, 0.3) is 0 Å². The first-order valence-corrected chi connectivity index (χ1v) is 7.29. The smallest absolute Gasteiger partial charge is 0.119 e. The highest BCUT2D eigenvalue weighted by molar-refractivity contribution is 5.26. The fourth-order valence-electron chi connectivity index (χ4n) is 2.04. The van der Waals surface area contributed by atoms with E-state index in [4.69, 9.17) is 4.74 Å². The Balaban J connectivity index is 2.13. The van der Waals surface area contributed by atoms with Gasteiger partial charge in [0, 0.05) is 0 Å². The molecule has 0 amide bonds. The molecule has 0 spiro atoms. The third-order valence-corrected chi connectivity index (χ3v) is 3.39. The van der Waals surface area contributed by atoms with E-state index >= 15 is 0 Å². The number of rotatable bonds is 8. The molecule has 1 rings (SSSR count). The highest BCUT2D eigenvalue weighted by atomic mass is 16.5. The molecule has 0 aromatic heterocycles. The van der Waals surface area contributed by atoms with E-state index in [9.17, 15) is 5.11 Å². The molecular formula is C17H28O2. The molecule has 2 heteroatoms. The van der Waals surface area contributed by atoms with E-state index in [1.165, 1.54) is 5.56 Å². The van der Waals surface area contributed by atoms with Gasteiger partial charge in [-0.15, -0.1) is 0 Å². The molecule has 0 saturated heterocycles. The van der Waals surface area contributed by atoms with Crippen LogP contribution < -0.4 is 4.74 Å². The van der Waals surface area contributed by atoms with Gasteiger partial charge in [0.05, 0.1) is 12.2 Å². The molecule has 0 aliphatic carbocycles. The molecule has 2 nitrogen and oxygen atoms in total. The number of benzene rings is 1. The van der Waals surface area contributed by atoms with E-state index in [2.05, 4.69) is 26.0 Å². The minimum Gasteiger partial charge on any atom is -0.494 e. The molecular weight excluding hydrogens is 236 g/mol. The van der Waals surface area contributed by atoms with Crippen molar-refractivity contribution >= 4 is 0 Å². The Morgan fingerprint density at radius 3 is 2.37 bits per heavy atom. The van der Waals surface area contributed by atoms with Gasteiger partial charge >= 0.3 is 0 Å². The number of aryl methyl sites for hydroxylation is 1. The molecule has 1 unspecified atom stereocenters. The van der Waals surface area contributed by atoms with Crippen LogP contribution in [0.3, 0.4) is 0 Å². The average molecular weight is 264 g/mol. The van der Waals surface area contributed by atoms with E-state index in [1.54, 1.807) is 0 Å². The molecule has 0 aliphatic heterocycles. The van der Waals surface area contributed by atoms with Crippen molar-refractivity contribution in [1.29, 1.82) is 0 Å². The fourth-order valence-corrected chi connectivity index (χ4v) is 2.04. The SMILES string of the molecule is Cc1ccc(OCCC(C)CCCC(C)(C)O)cc1. The summed E-state index contributed by atoms with van der Waals surface area (Å²) < 4.78 is 5.73. The molecule has 0 saturated carbocycles. The predicted molar refractivity (Wildman–Crippen MR) is 80.6 cm³/mol. The summed E-state index contributed by atoms with van der Waals surface area (Å²) in [4.78, 5) is 0. The highest BCUT2D eigenvalue weighted by Gasteiger charge is 2.12. The Kier molecular flexibility index (Phi) is 6.36. The Morgan fingerprint density at radius 2 is 1.79 bits per heavy atom. The van der Waals surface area contributed by atoms with Crippen LogP contribution >= 0.6 is 0 Å². The number of ether oxygens (including phenoxy) is 1. The largest absolute Gasteiger partial charge is 0.494 e. The summed E-state index contributed by atoms with van der Waals surface area (Å²) >= 11 is 0. The standard InChI is InChI=1S/C17H28O2/c1-14(6-5-12-17(3,4)18)11-13-19-16-9-7-15(2)8-10-16/h7-10,14,18H,5-6,11-13H2,1-4H3. The lowest BCUT2D eigenvalue weighted by Gasteiger charge is -2.18. The highest BCUT2D eigenvalue weighted by Crippen LogP contribution is 2.18. The second-order valence-corrected chi connectivity index (χ2v) is 6.26. The summed E-state index contributed by atoms with van der Waals surface area (Å²) in [6.45, 7) is 8.85. The molecule has 0 heterocycles. The maximum atomic E-state index is 9.65. The maximum Gasteiger partial charge on any atom is 0.119 e.